The van der Waals surface area contributed by atoms with Crippen molar-refractivity contribution in [2.24, 2.45) is 0 Å². The minimum Gasteiger partial charge on any atom is -0.345 e. The Morgan fingerprint density at radius 1 is 1.31 bits per heavy atom. The van der Waals surface area contributed by atoms with Gasteiger partial charge in [-0.1, -0.05) is 24.3 Å². The van der Waals surface area contributed by atoms with Gasteiger partial charge in [0.25, 0.3) is 5.91 Å². The number of carbonyl (C=O) groups excluding carboxylic acids is 1. The summed E-state index contributed by atoms with van der Waals surface area (Å²) < 4.78 is 0. The van der Waals surface area contributed by atoms with Crippen LogP contribution in [0.4, 0.5) is 0 Å². The molecule has 0 spiro atoms. The monoisotopic (exact) mass is 349 g/mol. The maximum absolute atomic E-state index is 12.5. The summed E-state index contributed by atoms with van der Waals surface area (Å²) in [6.07, 6.45) is 5.62. The fraction of sp³-hybridized carbons (Fsp3) is 0.350. The van der Waals surface area contributed by atoms with Crippen molar-refractivity contribution in [2.75, 3.05) is 20.6 Å². The zero-order valence-electron chi connectivity index (χ0n) is 15.1. The van der Waals surface area contributed by atoms with Crippen LogP contribution in [0.25, 0.3) is 10.9 Å². The number of fused-ring (bicyclic) bond motifs is 1. The van der Waals surface area contributed by atoms with Crippen molar-refractivity contribution >= 4 is 16.8 Å². The van der Waals surface area contributed by atoms with E-state index in [1.165, 1.54) is 5.56 Å². The van der Waals surface area contributed by atoms with Gasteiger partial charge in [0, 0.05) is 32.2 Å². The lowest BCUT2D eigenvalue weighted by molar-refractivity contribution is 0.0824. The van der Waals surface area contributed by atoms with Gasteiger partial charge in [-0.05, 0) is 31.0 Å². The van der Waals surface area contributed by atoms with Gasteiger partial charge in [-0.2, -0.15) is 5.10 Å². The third-order valence-electron chi connectivity index (χ3n) is 5.09. The maximum atomic E-state index is 12.5. The first-order valence-electron chi connectivity index (χ1n) is 8.96. The van der Waals surface area contributed by atoms with Gasteiger partial charge >= 0.3 is 0 Å². The van der Waals surface area contributed by atoms with Gasteiger partial charge < -0.3 is 4.90 Å². The number of likely N-dealkylation sites (tertiary alicyclic amines) is 1. The molecule has 1 aliphatic heterocycles. The molecule has 1 aliphatic rings. The Labute approximate surface area is 152 Å². The topological polar surface area (TPSA) is 65.1 Å². The lowest BCUT2D eigenvalue weighted by atomic mass is 10.0. The van der Waals surface area contributed by atoms with Crippen molar-refractivity contribution in [3.05, 3.63) is 59.5 Å². The number of hydrogen-bond acceptors (Lipinski definition) is 4. The van der Waals surface area contributed by atoms with E-state index in [0.29, 0.717) is 5.56 Å². The van der Waals surface area contributed by atoms with E-state index in [0.717, 1.165) is 42.5 Å². The Hall–Kier alpha value is -2.73. The number of carbonyl (C=O) groups is 1. The molecule has 0 bridgehead atoms. The van der Waals surface area contributed by atoms with Crippen molar-refractivity contribution in [3.8, 4) is 0 Å². The summed E-state index contributed by atoms with van der Waals surface area (Å²) in [6.45, 7) is 1.82. The lowest BCUT2D eigenvalue weighted by Gasteiger charge is -2.25. The first-order chi connectivity index (χ1) is 12.6. The van der Waals surface area contributed by atoms with Crippen molar-refractivity contribution in [3.63, 3.8) is 0 Å². The number of nitrogens with one attached hydrogen (secondary N) is 1. The number of aromatic amines is 1. The minimum absolute atomic E-state index is 0.00701. The molecule has 1 aromatic carbocycles. The molecule has 0 radical (unpaired) electrons. The number of para-hydroxylation sites is 1. The Morgan fingerprint density at radius 3 is 3.00 bits per heavy atom. The normalized spacial score (nSPS) is 17.7. The van der Waals surface area contributed by atoms with Gasteiger partial charge in [-0.3, -0.25) is 19.8 Å². The highest BCUT2D eigenvalue weighted by molar-refractivity contribution is 5.94. The van der Waals surface area contributed by atoms with Crippen LogP contribution in [-0.4, -0.2) is 51.5 Å². The molecule has 3 aromatic rings. The van der Waals surface area contributed by atoms with Crippen LogP contribution < -0.4 is 0 Å². The SMILES string of the molecule is CN(C)C(=O)c1cn[nH]c1C1CCCN1Cc1cccc2cccnc12. The number of rotatable bonds is 4. The Kier molecular flexibility index (Phi) is 4.42. The van der Waals surface area contributed by atoms with Crippen LogP contribution in [0.15, 0.2) is 42.7 Å². The minimum atomic E-state index is -0.00701. The van der Waals surface area contributed by atoms with E-state index in [2.05, 4.69) is 44.3 Å². The average Bonchev–Trinajstić information content (AvgIpc) is 3.30. The van der Waals surface area contributed by atoms with Crippen LogP contribution in [0, 0.1) is 0 Å². The third-order valence-corrected chi connectivity index (χ3v) is 5.09. The summed E-state index contributed by atoms with van der Waals surface area (Å²) in [7, 11) is 3.54. The van der Waals surface area contributed by atoms with Gasteiger partial charge in [0.1, 0.15) is 0 Å². The fourth-order valence-electron chi connectivity index (χ4n) is 3.82. The molecule has 1 amide bonds. The van der Waals surface area contributed by atoms with Crippen LogP contribution in [0.5, 0.6) is 0 Å². The standard InChI is InChI=1S/C20H23N5O/c1-24(2)20(26)16-12-22-23-19(16)17-9-5-11-25(17)13-15-7-3-6-14-8-4-10-21-18(14)15/h3-4,6-8,10,12,17H,5,9,11,13H2,1-2H3,(H,22,23). The highest BCUT2D eigenvalue weighted by Gasteiger charge is 2.31. The van der Waals surface area contributed by atoms with E-state index in [4.69, 9.17) is 0 Å². The molecule has 1 saturated heterocycles. The van der Waals surface area contributed by atoms with Crippen LogP contribution in [0.3, 0.4) is 0 Å². The van der Waals surface area contributed by atoms with Crippen molar-refractivity contribution < 1.29 is 4.79 Å². The average molecular weight is 349 g/mol. The maximum Gasteiger partial charge on any atom is 0.256 e. The lowest BCUT2D eigenvalue weighted by Crippen LogP contribution is -2.27. The van der Waals surface area contributed by atoms with Gasteiger partial charge in [-0.15, -0.1) is 0 Å². The molecule has 1 fully saturated rings. The first kappa shape index (κ1) is 16.7. The Morgan fingerprint density at radius 2 is 2.15 bits per heavy atom. The highest BCUT2D eigenvalue weighted by Crippen LogP contribution is 2.34. The quantitative estimate of drug-likeness (QED) is 0.786. The summed E-state index contributed by atoms with van der Waals surface area (Å²) in [5.74, 6) is -0.00701. The van der Waals surface area contributed by atoms with E-state index in [-0.39, 0.29) is 11.9 Å². The summed E-state index contributed by atoms with van der Waals surface area (Å²) in [6, 6.07) is 10.6. The number of amides is 1. The Balaban J connectivity index is 1.64. The molecule has 3 heterocycles. The summed E-state index contributed by atoms with van der Waals surface area (Å²) in [4.78, 5) is 21.1. The molecule has 2 aromatic heterocycles. The number of aromatic nitrogens is 3. The molecule has 4 rings (SSSR count). The largest absolute Gasteiger partial charge is 0.345 e. The molecule has 1 N–H and O–H groups in total. The molecule has 0 saturated carbocycles. The van der Waals surface area contributed by atoms with Gasteiger partial charge in [-0.25, -0.2) is 0 Å². The fourth-order valence-corrected chi connectivity index (χ4v) is 3.82. The third kappa shape index (κ3) is 2.97. The first-order valence-corrected chi connectivity index (χ1v) is 8.96. The highest BCUT2D eigenvalue weighted by atomic mass is 16.2. The van der Waals surface area contributed by atoms with Crippen molar-refractivity contribution in [1.29, 1.82) is 0 Å². The van der Waals surface area contributed by atoms with Crippen LogP contribution in [0.2, 0.25) is 0 Å². The van der Waals surface area contributed by atoms with Gasteiger partial charge in [0.2, 0.25) is 0 Å². The molecule has 134 valence electrons. The molecule has 6 nitrogen and oxygen atoms in total. The number of H-pyrrole nitrogens is 1. The molecule has 0 aliphatic carbocycles. The molecule has 1 atom stereocenters. The van der Waals surface area contributed by atoms with Gasteiger partial charge in [0.15, 0.2) is 0 Å². The zero-order chi connectivity index (χ0) is 18.1. The number of benzene rings is 1. The predicted octanol–water partition coefficient (Wildman–Crippen LogP) is 3.00. The van der Waals surface area contributed by atoms with Crippen molar-refractivity contribution in [2.45, 2.75) is 25.4 Å². The van der Waals surface area contributed by atoms with E-state index in [9.17, 15) is 4.79 Å². The summed E-state index contributed by atoms with van der Waals surface area (Å²) in [5.41, 5.74) is 3.86. The second-order valence-electron chi connectivity index (χ2n) is 7.02. The molecule has 26 heavy (non-hydrogen) atoms. The summed E-state index contributed by atoms with van der Waals surface area (Å²) in [5, 5.41) is 8.39. The predicted molar refractivity (Wildman–Crippen MR) is 101 cm³/mol. The van der Waals surface area contributed by atoms with E-state index in [1.807, 2.05) is 12.3 Å². The van der Waals surface area contributed by atoms with Crippen LogP contribution in [0.1, 0.15) is 40.5 Å². The van der Waals surface area contributed by atoms with Crippen LogP contribution in [-0.2, 0) is 6.54 Å². The Bertz CT molecular complexity index is 927. The molecular formula is C20H23N5O. The molecule has 1 unspecified atom stereocenters. The number of hydrogen-bond donors (Lipinski definition) is 1. The summed E-state index contributed by atoms with van der Waals surface area (Å²) >= 11 is 0. The number of nitrogens with zero attached hydrogens (tertiary/aromatic N) is 4. The van der Waals surface area contributed by atoms with E-state index >= 15 is 0 Å². The zero-order valence-corrected chi connectivity index (χ0v) is 15.1. The molecular weight excluding hydrogens is 326 g/mol. The van der Waals surface area contributed by atoms with Crippen LogP contribution >= 0.6 is 0 Å². The molecule has 6 heteroatoms. The van der Waals surface area contributed by atoms with E-state index < -0.39 is 0 Å². The van der Waals surface area contributed by atoms with Crippen molar-refractivity contribution in [1.82, 2.24) is 25.0 Å². The smallest absolute Gasteiger partial charge is 0.256 e. The van der Waals surface area contributed by atoms with E-state index in [1.54, 1.807) is 25.2 Å². The number of pyridine rings is 1. The second kappa shape index (κ2) is 6.88. The van der Waals surface area contributed by atoms with Gasteiger partial charge in [0.05, 0.1) is 29.0 Å². The second-order valence-corrected chi connectivity index (χ2v) is 7.02.